The van der Waals surface area contributed by atoms with Crippen molar-refractivity contribution in [2.24, 2.45) is 0 Å². The zero-order valence-corrected chi connectivity index (χ0v) is 12.1. The van der Waals surface area contributed by atoms with E-state index in [-0.39, 0.29) is 5.82 Å². The van der Waals surface area contributed by atoms with Crippen molar-refractivity contribution in [2.45, 2.75) is 52.6 Å². The number of benzene rings is 1. The van der Waals surface area contributed by atoms with Gasteiger partial charge in [-0.2, -0.15) is 5.26 Å². The summed E-state index contributed by atoms with van der Waals surface area (Å²) in [6.07, 6.45) is 3.32. The first-order valence-corrected chi connectivity index (χ1v) is 7.04. The second-order valence-electron chi connectivity index (χ2n) is 4.99. The highest BCUT2D eigenvalue weighted by Gasteiger charge is 2.14. The summed E-state index contributed by atoms with van der Waals surface area (Å²) in [5.41, 5.74) is 1.37. The molecule has 0 heterocycles. The molecule has 0 aliphatic heterocycles. The topological polar surface area (TPSA) is 27.0 Å². The van der Waals surface area contributed by atoms with Crippen LogP contribution in [0.3, 0.4) is 0 Å². The monoisotopic (exact) mass is 262 g/mol. The van der Waals surface area contributed by atoms with Crippen molar-refractivity contribution in [1.82, 2.24) is 4.90 Å². The van der Waals surface area contributed by atoms with Crippen molar-refractivity contribution >= 4 is 0 Å². The van der Waals surface area contributed by atoms with E-state index >= 15 is 0 Å². The highest BCUT2D eigenvalue weighted by molar-refractivity contribution is 5.37. The number of nitrogens with zero attached hydrogens (tertiary/aromatic N) is 2. The Hall–Kier alpha value is -1.40. The molecule has 0 aromatic heterocycles. The molecule has 3 heteroatoms. The molecule has 104 valence electrons. The molecule has 2 nitrogen and oxygen atoms in total. The van der Waals surface area contributed by atoms with Crippen LogP contribution in [0.15, 0.2) is 18.2 Å². The Morgan fingerprint density at radius 3 is 2.68 bits per heavy atom. The van der Waals surface area contributed by atoms with Crippen LogP contribution in [0, 0.1) is 17.1 Å². The van der Waals surface area contributed by atoms with Crippen LogP contribution in [-0.2, 0) is 6.54 Å². The van der Waals surface area contributed by atoms with E-state index in [9.17, 15) is 4.39 Å². The van der Waals surface area contributed by atoms with Crippen molar-refractivity contribution in [2.75, 3.05) is 6.54 Å². The van der Waals surface area contributed by atoms with Gasteiger partial charge in [0.15, 0.2) is 0 Å². The third-order valence-corrected chi connectivity index (χ3v) is 3.57. The molecule has 0 bridgehead atoms. The third kappa shape index (κ3) is 4.65. The highest BCUT2D eigenvalue weighted by Crippen LogP contribution is 2.16. The van der Waals surface area contributed by atoms with Crippen LogP contribution >= 0.6 is 0 Å². The Morgan fingerprint density at radius 1 is 1.37 bits per heavy atom. The van der Waals surface area contributed by atoms with Crippen LogP contribution in [0.2, 0.25) is 0 Å². The maximum atomic E-state index is 13.3. The van der Waals surface area contributed by atoms with Gasteiger partial charge in [0, 0.05) is 12.6 Å². The number of nitriles is 1. The van der Waals surface area contributed by atoms with Crippen molar-refractivity contribution in [3.8, 4) is 6.07 Å². The predicted octanol–water partition coefficient (Wildman–Crippen LogP) is 4.10. The fourth-order valence-electron chi connectivity index (χ4n) is 2.10. The van der Waals surface area contributed by atoms with E-state index in [1.54, 1.807) is 6.07 Å². The van der Waals surface area contributed by atoms with E-state index in [0.29, 0.717) is 18.2 Å². The van der Waals surface area contributed by atoms with Gasteiger partial charge >= 0.3 is 0 Å². The molecule has 1 aromatic rings. The lowest BCUT2D eigenvalue weighted by Crippen LogP contribution is -2.33. The molecule has 0 aliphatic rings. The molecular weight excluding hydrogens is 239 g/mol. The molecule has 1 aromatic carbocycles. The largest absolute Gasteiger partial charge is 0.296 e. The Balaban J connectivity index is 2.89. The Kier molecular flexibility index (Phi) is 6.52. The van der Waals surface area contributed by atoms with Crippen molar-refractivity contribution in [3.05, 3.63) is 35.1 Å². The van der Waals surface area contributed by atoms with E-state index in [1.165, 1.54) is 12.1 Å². The lowest BCUT2D eigenvalue weighted by Gasteiger charge is -2.28. The summed E-state index contributed by atoms with van der Waals surface area (Å²) in [4.78, 5) is 2.33. The maximum absolute atomic E-state index is 13.3. The first-order valence-electron chi connectivity index (χ1n) is 7.04. The smallest absolute Gasteiger partial charge is 0.123 e. The molecule has 0 saturated carbocycles. The summed E-state index contributed by atoms with van der Waals surface area (Å²) < 4.78 is 13.3. The first-order chi connectivity index (χ1) is 9.12. The van der Waals surface area contributed by atoms with Gasteiger partial charge in [0.25, 0.3) is 0 Å². The van der Waals surface area contributed by atoms with Gasteiger partial charge in [0.1, 0.15) is 5.82 Å². The predicted molar refractivity (Wildman–Crippen MR) is 76.2 cm³/mol. The van der Waals surface area contributed by atoms with Gasteiger partial charge in [0.05, 0.1) is 11.6 Å². The Labute approximate surface area is 115 Å². The molecule has 0 saturated heterocycles. The SMILES string of the molecule is CCCCN(Cc1cc(F)ccc1C#N)C(C)CC. The summed E-state index contributed by atoms with van der Waals surface area (Å²) in [6, 6.07) is 7.00. The van der Waals surface area contributed by atoms with E-state index in [4.69, 9.17) is 5.26 Å². The average Bonchev–Trinajstić information content (AvgIpc) is 2.42. The first kappa shape index (κ1) is 15.7. The van der Waals surface area contributed by atoms with E-state index in [0.717, 1.165) is 31.4 Å². The van der Waals surface area contributed by atoms with Crippen molar-refractivity contribution in [3.63, 3.8) is 0 Å². The third-order valence-electron chi connectivity index (χ3n) is 3.57. The van der Waals surface area contributed by atoms with Crippen molar-refractivity contribution in [1.29, 1.82) is 5.26 Å². The second kappa shape index (κ2) is 7.91. The normalized spacial score (nSPS) is 12.4. The van der Waals surface area contributed by atoms with Crippen LogP contribution < -0.4 is 0 Å². The summed E-state index contributed by atoms with van der Waals surface area (Å²) in [6.45, 7) is 8.14. The van der Waals surface area contributed by atoms with Gasteiger partial charge in [-0.05, 0) is 50.1 Å². The van der Waals surface area contributed by atoms with Gasteiger partial charge in [-0.1, -0.05) is 20.3 Å². The summed E-state index contributed by atoms with van der Waals surface area (Å²) in [5.74, 6) is -0.270. The Bertz CT molecular complexity index is 437. The molecule has 0 spiro atoms. The number of halogens is 1. The standard InChI is InChI=1S/C16H23FN2/c1-4-6-9-19(13(3)5-2)12-15-10-16(17)8-7-14(15)11-18/h7-8,10,13H,4-6,9,12H2,1-3H3. The minimum Gasteiger partial charge on any atom is -0.296 e. The van der Waals surface area contributed by atoms with Crippen LogP contribution in [0.5, 0.6) is 0 Å². The fraction of sp³-hybridized carbons (Fsp3) is 0.562. The van der Waals surface area contributed by atoms with Gasteiger partial charge in [-0.15, -0.1) is 0 Å². The summed E-state index contributed by atoms with van der Waals surface area (Å²) in [5, 5.41) is 9.10. The molecule has 0 aliphatic carbocycles. The minimum atomic E-state index is -0.270. The zero-order chi connectivity index (χ0) is 14.3. The molecular formula is C16H23FN2. The lowest BCUT2D eigenvalue weighted by atomic mass is 10.1. The molecule has 0 radical (unpaired) electrons. The summed E-state index contributed by atoms with van der Waals surface area (Å²) >= 11 is 0. The summed E-state index contributed by atoms with van der Waals surface area (Å²) in [7, 11) is 0. The molecule has 0 N–H and O–H groups in total. The maximum Gasteiger partial charge on any atom is 0.123 e. The average molecular weight is 262 g/mol. The number of hydrogen-bond donors (Lipinski definition) is 0. The fourth-order valence-corrected chi connectivity index (χ4v) is 2.10. The quantitative estimate of drug-likeness (QED) is 0.739. The molecule has 0 amide bonds. The van der Waals surface area contributed by atoms with Crippen LogP contribution in [0.1, 0.15) is 51.2 Å². The number of hydrogen-bond acceptors (Lipinski definition) is 2. The van der Waals surface area contributed by atoms with Crippen LogP contribution in [0.25, 0.3) is 0 Å². The Morgan fingerprint density at radius 2 is 2.11 bits per heavy atom. The van der Waals surface area contributed by atoms with Gasteiger partial charge in [-0.25, -0.2) is 4.39 Å². The molecule has 1 atom stereocenters. The molecule has 19 heavy (non-hydrogen) atoms. The molecule has 1 rings (SSSR count). The van der Waals surface area contributed by atoms with Gasteiger partial charge in [0.2, 0.25) is 0 Å². The number of rotatable bonds is 7. The molecule has 1 unspecified atom stereocenters. The van der Waals surface area contributed by atoms with E-state index < -0.39 is 0 Å². The van der Waals surface area contributed by atoms with E-state index in [1.807, 2.05) is 0 Å². The van der Waals surface area contributed by atoms with Crippen LogP contribution in [-0.4, -0.2) is 17.5 Å². The zero-order valence-electron chi connectivity index (χ0n) is 12.1. The lowest BCUT2D eigenvalue weighted by molar-refractivity contribution is 0.192. The number of unbranched alkanes of at least 4 members (excludes halogenated alkanes) is 1. The van der Waals surface area contributed by atoms with Gasteiger partial charge < -0.3 is 0 Å². The minimum absolute atomic E-state index is 0.270. The molecule has 0 fully saturated rings. The van der Waals surface area contributed by atoms with Crippen LogP contribution in [0.4, 0.5) is 4.39 Å². The van der Waals surface area contributed by atoms with E-state index in [2.05, 4.69) is 31.7 Å². The highest BCUT2D eigenvalue weighted by atomic mass is 19.1. The van der Waals surface area contributed by atoms with Crippen molar-refractivity contribution < 1.29 is 4.39 Å². The van der Waals surface area contributed by atoms with Gasteiger partial charge in [-0.3, -0.25) is 4.90 Å². The second-order valence-corrected chi connectivity index (χ2v) is 4.99.